The fraction of sp³-hybridized carbons (Fsp3) is 0.375. The molecule has 0 spiro atoms. The van der Waals surface area contributed by atoms with Crippen LogP contribution in [0.2, 0.25) is 5.02 Å². The second-order valence-corrected chi connectivity index (χ2v) is 5.79. The highest BCUT2D eigenvalue weighted by Crippen LogP contribution is 2.29. The van der Waals surface area contributed by atoms with Gasteiger partial charge in [0, 0.05) is 18.0 Å². The van der Waals surface area contributed by atoms with Crippen molar-refractivity contribution in [1.82, 2.24) is 9.88 Å². The quantitative estimate of drug-likeness (QED) is 0.888. The number of para-hydroxylation sites is 1. The summed E-state index contributed by atoms with van der Waals surface area (Å²) < 4.78 is 1.68. The Hall–Kier alpha value is -2.01. The average Bonchev–Trinajstić information content (AvgIpc) is 2.76. The van der Waals surface area contributed by atoms with E-state index >= 15 is 0 Å². The van der Waals surface area contributed by atoms with E-state index in [-0.39, 0.29) is 11.6 Å². The third-order valence-electron chi connectivity index (χ3n) is 4.03. The maximum absolute atomic E-state index is 12.5. The number of carbonyl (C=O) groups excluding carboxylic acids is 1. The summed E-state index contributed by atoms with van der Waals surface area (Å²) in [5.74, 6) is -1.69. The van der Waals surface area contributed by atoms with Gasteiger partial charge in [0.25, 0.3) is 5.91 Å². The molecular weight excluding hydrogens is 304 g/mol. The van der Waals surface area contributed by atoms with Crippen LogP contribution in [0.15, 0.2) is 24.3 Å². The van der Waals surface area contributed by atoms with Gasteiger partial charge < -0.3 is 15.0 Å². The van der Waals surface area contributed by atoms with Crippen LogP contribution < -0.4 is 5.32 Å². The number of aliphatic carboxylic acids is 1. The molecular formula is C16H19ClN2O3. The van der Waals surface area contributed by atoms with Gasteiger partial charge in [0.1, 0.15) is 11.7 Å². The molecule has 0 saturated carbocycles. The van der Waals surface area contributed by atoms with E-state index in [0.717, 1.165) is 10.9 Å². The molecule has 2 aromatic rings. The molecule has 0 radical (unpaired) electrons. The summed E-state index contributed by atoms with van der Waals surface area (Å²) >= 11 is 6.30. The molecule has 1 amide bonds. The Balaban J connectivity index is 2.39. The molecule has 118 valence electrons. The van der Waals surface area contributed by atoms with Gasteiger partial charge in [-0.1, -0.05) is 50.1 Å². The van der Waals surface area contributed by atoms with Gasteiger partial charge in [0.2, 0.25) is 0 Å². The van der Waals surface area contributed by atoms with Crippen molar-refractivity contribution in [2.75, 3.05) is 0 Å². The number of carboxylic acid groups (broad SMARTS) is 1. The van der Waals surface area contributed by atoms with E-state index in [1.807, 2.05) is 31.2 Å². The van der Waals surface area contributed by atoms with Gasteiger partial charge in [0.15, 0.2) is 0 Å². The minimum atomic E-state index is -1.04. The largest absolute Gasteiger partial charge is 0.480 e. The number of hydrogen-bond acceptors (Lipinski definition) is 2. The molecule has 1 heterocycles. The number of nitrogens with one attached hydrogen (secondary N) is 1. The number of carbonyl (C=O) groups is 2. The first-order valence-corrected chi connectivity index (χ1v) is 7.52. The van der Waals surface area contributed by atoms with Crippen LogP contribution in [0.25, 0.3) is 10.9 Å². The molecule has 0 fully saturated rings. The predicted octanol–water partition coefficient (Wildman–Crippen LogP) is 3.06. The number of aromatic nitrogens is 1. The minimum absolute atomic E-state index is 0.171. The molecule has 0 bridgehead atoms. The first kappa shape index (κ1) is 16.4. The van der Waals surface area contributed by atoms with E-state index in [0.29, 0.717) is 11.4 Å². The maximum Gasteiger partial charge on any atom is 0.326 e. The lowest BCUT2D eigenvalue weighted by atomic mass is 9.99. The van der Waals surface area contributed by atoms with E-state index in [1.54, 1.807) is 18.5 Å². The van der Waals surface area contributed by atoms with Crippen molar-refractivity contribution in [2.45, 2.75) is 26.3 Å². The van der Waals surface area contributed by atoms with Crippen molar-refractivity contribution in [3.8, 4) is 0 Å². The molecule has 5 nitrogen and oxygen atoms in total. The first-order chi connectivity index (χ1) is 10.4. The van der Waals surface area contributed by atoms with Gasteiger partial charge in [-0.05, 0) is 12.0 Å². The zero-order valence-corrected chi connectivity index (χ0v) is 13.5. The normalized spacial score (nSPS) is 13.8. The van der Waals surface area contributed by atoms with Crippen LogP contribution in [0.1, 0.15) is 30.8 Å². The molecule has 2 N–H and O–H groups in total. The van der Waals surface area contributed by atoms with Gasteiger partial charge >= 0.3 is 5.97 Å². The Morgan fingerprint density at radius 1 is 1.36 bits per heavy atom. The first-order valence-electron chi connectivity index (χ1n) is 7.15. The number of nitrogens with zero attached hydrogens (tertiary/aromatic N) is 1. The zero-order valence-electron chi connectivity index (χ0n) is 12.8. The third-order valence-corrected chi connectivity index (χ3v) is 4.41. The highest BCUT2D eigenvalue weighted by molar-refractivity contribution is 6.38. The molecule has 0 aliphatic carbocycles. The minimum Gasteiger partial charge on any atom is -0.480 e. The van der Waals surface area contributed by atoms with Crippen molar-refractivity contribution >= 4 is 34.4 Å². The molecule has 6 heteroatoms. The lowest BCUT2D eigenvalue weighted by molar-refractivity contribution is -0.140. The number of fused-ring (bicyclic) bond motifs is 1. The smallest absolute Gasteiger partial charge is 0.326 e. The number of carboxylic acids is 1. The van der Waals surface area contributed by atoms with E-state index in [4.69, 9.17) is 11.6 Å². The summed E-state index contributed by atoms with van der Waals surface area (Å²) in [4.78, 5) is 23.9. The number of halogens is 1. The summed E-state index contributed by atoms with van der Waals surface area (Å²) in [6, 6.07) is 6.46. The maximum atomic E-state index is 12.5. The number of amides is 1. The van der Waals surface area contributed by atoms with Crippen molar-refractivity contribution in [3.05, 3.63) is 35.0 Å². The van der Waals surface area contributed by atoms with Gasteiger partial charge in [-0.3, -0.25) is 4.79 Å². The Bertz CT molecular complexity index is 684. The average molecular weight is 323 g/mol. The topological polar surface area (TPSA) is 71.3 Å². The summed E-state index contributed by atoms with van der Waals surface area (Å²) in [5, 5.41) is 13.0. The molecule has 1 aromatic carbocycles. The third kappa shape index (κ3) is 2.81. The van der Waals surface area contributed by atoms with E-state index in [9.17, 15) is 14.7 Å². The van der Waals surface area contributed by atoms with Crippen LogP contribution in [0.3, 0.4) is 0 Å². The molecule has 0 aliphatic heterocycles. The number of benzene rings is 1. The number of rotatable bonds is 5. The predicted molar refractivity (Wildman–Crippen MR) is 86.3 cm³/mol. The molecule has 22 heavy (non-hydrogen) atoms. The SMILES string of the molecule is CCC(C)C(NC(=O)c1c(Cl)c2ccccc2n1C)C(=O)O. The second kappa shape index (κ2) is 6.40. The summed E-state index contributed by atoms with van der Waals surface area (Å²) in [6.07, 6.45) is 0.653. The van der Waals surface area contributed by atoms with Gasteiger partial charge in [-0.15, -0.1) is 0 Å². The van der Waals surface area contributed by atoms with Crippen LogP contribution in [0.5, 0.6) is 0 Å². The highest BCUT2D eigenvalue weighted by Gasteiger charge is 2.28. The van der Waals surface area contributed by atoms with Crippen molar-refractivity contribution in [2.24, 2.45) is 13.0 Å². The molecule has 2 rings (SSSR count). The van der Waals surface area contributed by atoms with Gasteiger partial charge in [0.05, 0.1) is 5.02 Å². The molecule has 0 saturated heterocycles. The van der Waals surface area contributed by atoms with Crippen LogP contribution >= 0.6 is 11.6 Å². The van der Waals surface area contributed by atoms with Crippen molar-refractivity contribution in [1.29, 1.82) is 0 Å². The Morgan fingerprint density at radius 3 is 2.55 bits per heavy atom. The van der Waals surface area contributed by atoms with Crippen LogP contribution in [0.4, 0.5) is 0 Å². The highest BCUT2D eigenvalue weighted by atomic mass is 35.5. The summed E-state index contributed by atoms with van der Waals surface area (Å²) in [7, 11) is 1.74. The van der Waals surface area contributed by atoms with Crippen molar-refractivity contribution < 1.29 is 14.7 Å². The molecule has 2 atom stereocenters. The Labute approximate surface area is 133 Å². The Morgan fingerprint density at radius 2 is 2.00 bits per heavy atom. The molecule has 1 aromatic heterocycles. The van der Waals surface area contributed by atoms with Crippen LogP contribution in [0, 0.1) is 5.92 Å². The Kier molecular flexibility index (Phi) is 4.76. The fourth-order valence-corrected chi connectivity index (χ4v) is 2.86. The number of aryl methyl sites for hydroxylation is 1. The lowest BCUT2D eigenvalue weighted by Gasteiger charge is -2.20. The van der Waals surface area contributed by atoms with Crippen LogP contribution in [-0.4, -0.2) is 27.6 Å². The fourth-order valence-electron chi connectivity index (χ4n) is 2.49. The van der Waals surface area contributed by atoms with Crippen LogP contribution in [-0.2, 0) is 11.8 Å². The lowest BCUT2D eigenvalue weighted by Crippen LogP contribution is -2.45. The molecule has 2 unspecified atom stereocenters. The number of hydrogen-bond donors (Lipinski definition) is 2. The van der Waals surface area contributed by atoms with E-state index < -0.39 is 17.9 Å². The zero-order chi connectivity index (χ0) is 16.4. The van der Waals surface area contributed by atoms with E-state index in [1.165, 1.54) is 0 Å². The summed E-state index contributed by atoms with van der Waals surface area (Å²) in [6.45, 7) is 3.68. The summed E-state index contributed by atoms with van der Waals surface area (Å²) in [5.41, 5.74) is 1.10. The van der Waals surface area contributed by atoms with E-state index in [2.05, 4.69) is 5.32 Å². The monoisotopic (exact) mass is 322 g/mol. The second-order valence-electron chi connectivity index (χ2n) is 5.41. The standard InChI is InChI=1S/C16H19ClN2O3/c1-4-9(2)13(16(21)22)18-15(20)14-12(17)10-7-5-6-8-11(10)19(14)3/h5-9,13H,4H2,1-3H3,(H,18,20)(H,21,22). The van der Waals surface area contributed by atoms with Crippen molar-refractivity contribution in [3.63, 3.8) is 0 Å². The van der Waals surface area contributed by atoms with Gasteiger partial charge in [-0.2, -0.15) is 0 Å². The molecule has 0 aliphatic rings. The van der Waals surface area contributed by atoms with Gasteiger partial charge in [-0.25, -0.2) is 4.79 Å².